The molecule has 0 spiro atoms. The van der Waals surface area contributed by atoms with Gasteiger partial charge in [-0.3, -0.25) is 0 Å². The number of aryl methyl sites for hydroxylation is 2. The van der Waals surface area contributed by atoms with E-state index >= 15 is 0 Å². The lowest BCUT2D eigenvalue weighted by molar-refractivity contribution is 1.31. The van der Waals surface area contributed by atoms with E-state index in [4.69, 9.17) is 12.3 Å². The third-order valence-corrected chi connectivity index (χ3v) is 2.17. The highest BCUT2D eigenvalue weighted by Crippen LogP contribution is 2.31. The van der Waals surface area contributed by atoms with Crippen LogP contribution in [-0.4, -0.2) is 0 Å². The normalized spacial score (nSPS) is 9.50. The van der Waals surface area contributed by atoms with Crippen LogP contribution in [0.2, 0.25) is 0 Å². The summed E-state index contributed by atoms with van der Waals surface area (Å²) in [4.78, 5) is 3.42. The number of nitrogens with zero attached hydrogens (tertiary/aromatic N) is 1. The van der Waals surface area contributed by atoms with E-state index in [1.165, 1.54) is 0 Å². The van der Waals surface area contributed by atoms with Crippen molar-refractivity contribution in [3.8, 4) is 0 Å². The molecule has 0 saturated heterocycles. The lowest BCUT2D eigenvalue weighted by Gasteiger charge is -2.08. The van der Waals surface area contributed by atoms with Gasteiger partial charge in [-0.25, -0.2) is 4.85 Å². The van der Waals surface area contributed by atoms with E-state index in [1.807, 2.05) is 26.8 Å². The first-order valence-electron chi connectivity index (χ1n) is 3.81. The van der Waals surface area contributed by atoms with Crippen LogP contribution >= 0.6 is 0 Å². The summed E-state index contributed by atoms with van der Waals surface area (Å²) in [5, 5.41) is 0. The Hall–Kier alpha value is -1.49. The molecule has 0 aliphatic heterocycles. The number of hydrogen-bond acceptors (Lipinski definition) is 1. The lowest BCUT2D eigenvalue weighted by Crippen LogP contribution is -1.93. The van der Waals surface area contributed by atoms with Gasteiger partial charge in [0.2, 0.25) is 5.69 Å². The van der Waals surface area contributed by atoms with Gasteiger partial charge in [-0.05, 0) is 31.9 Å². The van der Waals surface area contributed by atoms with E-state index in [2.05, 4.69) is 4.85 Å². The highest BCUT2D eigenvalue weighted by Gasteiger charge is 2.07. The van der Waals surface area contributed by atoms with Gasteiger partial charge < -0.3 is 5.73 Å². The largest absolute Gasteiger partial charge is 0.407 e. The molecule has 0 bridgehead atoms. The molecule has 62 valence electrons. The van der Waals surface area contributed by atoms with E-state index in [0.29, 0.717) is 11.4 Å². The topological polar surface area (TPSA) is 30.4 Å². The highest BCUT2D eigenvalue weighted by atomic mass is 14.7. The van der Waals surface area contributed by atoms with Crippen molar-refractivity contribution in [2.24, 2.45) is 0 Å². The second-order valence-electron chi connectivity index (χ2n) is 3.01. The van der Waals surface area contributed by atoms with Gasteiger partial charge in [-0.2, -0.15) is 0 Å². The average Bonchev–Trinajstić information content (AvgIpc) is 2.02. The fraction of sp³-hybridized carbons (Fsp3) is 0.300. The molecule has 1 rings (SSSR count). The molecular weight excluding hydrogens is 148 g/mol. The zero-order valence-corrected chi connectivity index (χ0v) is 7.60. The van der Waals surface area contributed by atoms with Crippen molar-refractivity contribution in [2.45, 2.75) is 20.8 Å². The number of hydrogen-bond donors (Lipinski definition) is 1. The molecule has 0 amide bonds. The van der Waals surface area contributed by atoms with Crippen molar-refractivity contribution in [3.63, 3.8) is 0 Å². The molecule has 0 aliphatic carbocycles. The lowest BCUT2D eigenvalue weighted by atomic mass is 10.0. The van der Waals surface area contributed by atoms with Crippen LogP contribution < -0.4 is 5.73 Å². The molecule has 12 heavy (non-hydrogen) atoms. The predicted molar refractivity (Wildman–Crippen MR) is 51.3 cm³/mol. The summed E-state index contributed by atoms with van der Waals surface area (Å²) < 4.78 is 0. The Morgan fingerprint density at radius 1 is 1.25 bits per heavy atom. The van der Waals surface area contributed by atoms with Crippen LogP contribution in [0, 0.1) is 27.3 Å². The van der Waals surface area contributed by atoms with Crippen molar-refractivity contribution in [1.82, 2.24) is 0 Å². The Kier molecular flexibility index (Phi) is 2.05. The van der Waals surface area contributed by atoms with Crippen molar-refractivity contribution >= 4 is 11.4 Å². The van der Waals surface area contributed by atoms with Gasteiger partial charge in [0.15, 0.2) is 0 Å². The van der Waals surface area contributed by atoms with Crippen molar-refractivity contribution in [3.05, 3.63) is 34.2 Å². The standard InChI is InChI=1S/C10H12N2/c1-6-5-7(2)9(11)10(12-4)8(6)3/h5H,11H2,1-3H3. The van der Waals surface area contributed by atoms with Gasteiger partial charge in [0, 0.05) is 5.69 Å². The first kappa shape index (κ1) is 8.61. The molecule has 0 unspecified atom stereocenters. The Morgan fingerprint density at radius 3 is 2.33 bits per heavy atom. The molecule has 0 fully saturated rings. The third-order valence-electron chi connectivity index (χ3n) is 2.17. The van der Waals surface area contributed by atoms with Crippen molar-refractivity contribution < 1.29 is 0 Å². The van der Waals surface area contributed by atoms with Crippen LogP contribution in [0.3, 0.4) is 0 Å². The molecule has 0 radical (unpaired) electrons. The third kappa shape index (κ3) is 1.14. The summed E-state index contributed by atoms with van der Waals surface area (Å²) in [5.74, 6) is 0. The zero-order valence-electron chi connectivity index (χ0n) is 7.60. The first-order valence-corrected chi connectivity index (χ1v) is 3.81. The summed E-state index contributed by atoms with van der Waals surface area (Å²) in [7, 11) is 0. The zero-order chi connectivity index (χ0) is 9.30. The van der Waals surface area contributed by atoms with Crippen LogP contribution in [0.5, 0.6) is 0 Å². The van der Waals surface area contributed by atoms with Gasteiger partial charge in [0.1, 0.15) is 0 Å². The summed E-state index contributed by atoms with van der Waals surface area (Å²) in [6.45, 7) is 12.8. The monoisotopic (exact) mass is 160 g/mol. The second-order valence-corrected chi connectivity index (χ2v) is 3.01. The van der Waals surface area contributed by atoms with E-state index in [9.17, 15) is 0 Å². The molecule has 2 N–H and O–H groups in total. The quantitative estimate of drug-likeness (QED) is 0.459. The van der Waals surface area contributed by atoms with Crippen molar-refractivity contribution in [1.29, 1.82) is 0 Å². The minimum Gasteiger partial charge on any atom is -0.407 e. The molecule has 2 heteroatoms. The molecule has 1 aromatic rings. The number of nitrogen functional groups attached to an aromatic ring is 1. The maximum atomic E-state index is 6.96. The van der Waals surface area contributed by atoms with E-state index in [1.54, 1.807) is 0 Å². The van der Waals surface area contributed by atoms with E-state index < -0.39 is 0 Å². The second kappa shape index (κ2) is 2.86. The Morgan fingerprint density at radius 2 is 1.83 bits per heavy atom. The molecule has 0 aliphatic rings. The summed E-state index contributed by atoms with van der Waals surface area (Å²) in [6.07, 6.45) is 0. The molecule has 0 saturated carbocycles. The Bertz CT molecular complexity index is 333. The average molecular weight is 160 g/mol. The van der Waals surface area contributed by atoms with E-state index in [0.717, 1.165) is 16.7 Å². The number of benzene rings is 1. The van der Waals surface area contributed by atoms with Gasteiger partial charge in [0.05, 0.1) is 6.57 Å². The Labute approximate surface area is 72.8 Å². The van der Waals surface area contributed by atoms with E-state index in [-0.39, 0.29) is 0 Å². The van der Waals surface area contributed by atoms with Crippen LogP contribution in [0.25, 0.3) is 4.85 Å². The minimum absolute atomic E-state index is 0.604. The van der Waals surface area contributed by atoms with Gasteiger partial charge in [-0.1, -0.05) is 11.6 Å². The number of nitrogens with two attached hydrogens (primary N) is 1. The summed E-state index contributed by atoms with van der Waals surface area (Å²) in [5.41, 5.74) is 10.1. The van der Waals surface area contributed by atoms with Crippen molar-refractivity contribution in [2.75, 3.05) is 5.73 Å². The maximum absolute atomic E-state index is 6.96. The fourth-order valence-corrected chi connectivity index (χ4v) is 1.23. The van der Waals surface area contributed by atoms with Gasteiger partial charge >= 0.3 is 0 Å². The Balaban J connectivity index is 3.56. The highest BCUT2D eigenvalue weighted by molar-refractivity contribution is 5.75. The molecule has 0 heterocycles. The predicted octanol–water partition coefficient (Wildman–Crippen LogP) is 2.74. The molecule has 2 nitrogen and oxygen atoms in total. The van der Waals surface area contributed by atoms with Crippen LogP contribution in [0.15, 0.2) is 6.07 Å². The summed E-state index contributed by atoms with van der Waals surface area (Å²) >= 11 is 0. The molecule has 1 aromatic carbocycles. The molecule has 0 atom stereocenters. The smallest absolute Gasteiger partial charge is 0.212 e. The van der Waals surface area contributed by atoms with Crippen LogP contribution in [0.4, 0.5) is 11.4 Å². The van der Waals surface area contributed by atoms with Gasteiger partial charge in [-0.15, -0.1) is 0 Å². The number of rotatable bonds is 0. The fourth-order valence-electron chi connectivity index (χ4n) is 1.23. The van der Waals surface area contributed by atoms with Crippen LogP contribution in [0.1, 0.15) is 16.7 Å². The minimum atomic E-state index is 0.604. The van der Waals surface area contributed by atoms with Crippen LogP contribution in [-0.2, 0) is 0 Å². The first-order chi connectivity index (χ1) is 5.57. The number of anilines is 1. The molecule has 0 aromatic heterocycles. The molecular formula is C10H12N2. The summed E-state index contributed by atoms with van der Waals surface area (Å²) in [6, 6.07) is 2.01. The van der Waals surface area contributed by atoms with Gasteiger partial charge in [0.25, 0.3) is 0 Å². The maximum Gasteiger partial charge on any atom is 0.212 e. The SMILES string of the molecule is [C-]#[N+]c1c(C)c(C)cc(C)c1N.